The monoisotopic (exact) mass is 457 g/mol. The van der Waals surface area contributed by atoms with Crippen molar-refractivity contribution in [1.82, 2.24) is 10.2 Å². The van der Waals surface area contributed by atoms with Crippen LogP contribution in [0.1, 0.15) is 12.5 Å². The summed E-state index contributed by atoms with van der Waals surface area (Å²) >= 11 is 6.53. The Morgan fingerprint density at radius 2 is 1.93 bits per heavy atom. The Morgan fingerprint density at radius 3 is 2.60 bits per heavy atom. The Morgan fingerprint density at radius 1 is 1.20 bits per heavy atom. The molecule has 30 heavy (non-hydrogen) atoms. The van der Waals surface area contributed by atoms with Gasteiger partial charge < -0.3 is 14.5 Å². The summed E-state index contributed by atoms with van der Waals surface area (Å²) in [6.45, 7) is 2.43. The van der Waals surface area contributed by atoms with Crippen molar-refractivity contribution in [2.24, 2.45) is 0 Å². The van der Waals surface area contributed by atoms with Gasteiger partial charge in [-0.15, -0.1) is 10.2 Å². The van der Waals surface area contributed by atoms with E-state index in [2.05, 4.69) is 15.5 Å². The lowest BCUT2D eigenvalue weighted by Crippen LogP contribution is -2.15. The van der Waals surface area contributed by atoms with Gasteiger partial charge in [-0.3, -0.25) is 4.79 Å². The fraction of sp³-hybridized carbons (Fsp3) is 0.211. The summed E-state index contributed by atoms with van der Waals surface area (Å²) < 4.78 is 49.6. The minimum absolute atomic E-state index is 0.0158. The van der Waals surface area contributed by atoms with E-state index < -0.39 is 22.7 Å². The van der Waals surface area contributed by atoms with Gasteiger partial charge in [0.2, 0.25) is 11.8 Å². The van der Waals surface area contributed by atoms with E-state index >= 15 is 0 Å². The smallest absolute Gasteiger partial charge is 0.417 e. The van der Waals surface area contributed by atoms with Crippen molar-refractivity contribution in [3.05, 3.63) is 53.1 Å². The normalized spacial score (nSPS) is 11.4. The van der Waals surface area contributed by atoms with Crippen LogP contribution in [0.15, 0.2) is 52.1 Å². The lowest BCUT2D eigenvalue weighted by molar-refractivity contribution is -0.137. The number of aromatic nitrogens is 2. The highest BCUT2D eigenvalue weighted by Crippen LogP contribution is 2.36. The molecule has 0 fully saturated rings. The van der Waals surface area contributed by atoms with Gasteiger partial charge in [-0.2, -0.15) is 13.2 Å². The van der Waals surface area contributed by atoms with Gasteiger partial charge in [0, 0.05) is 11.3 Å². The molecule has 1 amide bonds. The Labute approximate surface area is 178 Å². The molecule has 11 heteroatoms. The number of carbonyl (C=O) groups excluding carboxylic acids is 1. The summed E-state index contributed by atoms with van der Waals surface area (Å²) in [5, 5.41) is 9.88. The predicted octanol–water partition coefficient (Wildman–Crippen LogP) is 5.54. The molecule has 6 nitrogen and oxygen atoms in total. The number of thioether (sulfide) groups is 1. The van der Waals surface area contributed by atoms with Crippen molar-refractivity contribution in [2.45, 2.75) is 18.3 Å². The highest BCUT2D eigenvalue weighted by atomic mass is 35.5. The van der Waals surface area contributed by atoms with E-state index in [1.807, 2.05) is 6.92 Å². The van der Waals surface area contributed by atoms with E-state index in [0.29, 0.717) is 17.9 Å². The lowest BCUT2D eigenvalue weighted by Gasteiger charge is -2.11. The van der Waals surface area contributed by atoms with Crippen LogP contribution in [0.3, 0.4) is 0 Å². The van der Waals surface area contributed by atoms with Crippen LogP contribution in [0.2, 0.25) is 5.02 Å². The zero-order valence-corrected chi connectivity index (χ0v) is 17.1. The third-order valence-electron chi connectivity index (χ3n) is 3.70. The molecule has 0 atom stereocenters. The highest BCUT2D eigenvalue weighted by Gasteiger charge is 2.33. The van der Waals surface area contributed by atoms with Crippen LogP contribution in [-0.4, -0.2) is 28.5 Å². The molecule has 0 aliphatic carbocycles. The Bertz CT molecular complexity index is 1030. The summed E-state index contributed by atoms with van der Waals surface area (Å²) in [6.07, 6.45) is -4.62. The number of rotatable bonds is 7. The molecule has 2 aromatic carbocycles. The summed E-state index contributed by atoms with van der Waals surface area (Å²) in [7, 11) is 0. The molecule has 0 saturated carbocycles. The van der Waals surface area contributed by atoms with Crippen molar-refractivity contribution >= 4 is 35.0 Å². The van der Waals surface area contributed by atoms with Gasteiger partial charge in [0.25, 0.3) is 5.22 Å². The third-order valence-corrected chi connectivity index (χ3v) is 4.85. The van der Waals surface area contributed by atoms with E-state index in [1.165, 1.54) is 6.07 Å². The second-order valence-corrected chi connectivity index (χ2v) is 7.19. The largest absolute Gasteiger partial charge is 0.494 e. The van der Waals surface area contributed by atoms with Crippen LogP contribution in [0.5, 0.6) is 5.75 Å². The summed E-state index contributed by atoms with van der Waals surface area (Å²) in [5.41, 5.74) is -0.354. The molecular weight excluding hydrogens is 443 g/mol. The van der Waals surface area contributed by atoms with E-state index in [9.17, 15) is 18.0 Å². The number of anilines is 1. The summed E-state index contributed by atoms with van der Waals surface area (Å²) in [4.78, 5) is 12.1. The number of benzene rings is 2. The number of nitrogens with one attached hydrogen (secondary N) is 1. The number of amides is 1. The fourth-order valence-electron chi connectivity index (χ4n) is 2.39. The van der Waals surface area contributed by atoms with Crippen LogP contribution in [0, 0.1) is 0 Å². The maximum Gasteiger partial charge on any atom is 0.417 e. The number of ether oxygens (including phenoxy) is 1. The number of nitrogens with zero attached hydrogens (tertiary/aromatic N) is 2. The minimum atomic E-state index is -4.62. The SMILES string of the molecule is CCOc1ccc(-c2nnc(SCC(=O)Nc3ccc(Cl)c(C(F)(F)F)c3)o2)cc1. The second-order valence-electron chi connectivity index (χ2n) is 5.86. The highest BCUT2D eigenvalue weighted by molar-refractivity contribution is 7.99. The topological polar surface area (TPSA) is 77.2 Å². The Balaban J connectivity index is 1.58. The maximum absolute atomic E-state index is 12.9. The summed E-state index contributed by atoms with van der Waals surface area (Å²) in [5.74, 6) is 0.321. The fourth-order valence-corrected chi connectivity index (χ4v) is 3.18. The van der Waals surface area contributed by atoms with Crippen molar-refractivity contribution in [1.29, 1.82) is 0 Å². The zero-order chi connectivity index (χ0) is 21.7. The Kier molecular flexibility index (Phi) is 6.88. The quantitative estimate of drug-likeness (QED) is 0.469. The van der Waals surface area contributed by atoms with Gasteiger partial charge in [-0.25, -0.2) is 0 Å². The molecule has 0 spiro atoms. The molecule has 0 aliphatic rings. The molecule has 1 heterocycles. The number of carbonyl (C=O) groups is 1. The molecule has 0 radical (unpaired) electrons. The first-order chi connectivity index (χ1) is 14.3. The summed E-state index contributed by atoms with van der Waals surface area (Å²) in [6, 6.07) is 10.2. The molecule has 0 saturated heterocycles. The van der Waals surface area contributed by atoms with Crippen LogP contribution in [-0.2, 0) is 11.0 Å². The first-order valence-corrected chi connectivity index (χ1v) is 9.98. The average Bonchev–Trinajstić information content (AvgIpc) is 3.17. The van der Waals surface area contributed by atoms with Gasteiger partial charge in [-0.1, -0.05) is 23.4 Å². The molecule has 0 unspecified atom stereocenters. The van der Waals surface area contributed by atoms with Crippen LogP contribution < -0.4 is 10.1 Å². The van der Waals surface area contributed by atoms with Crippen molar-refractivity contribution in [3.63, 3.8) is 0 Å². The molecule has 3 rings (SSSR count). The van der Waals surface area contributed by atoms with E-state index in [0.717, 1.165) is 23.9 Å². The van der Waals surface area contributed by atoms with Gasteiger partial charge in [0.05, 0.1) is 22.9 Å². The molecular formula is C19H15ClF3N3O3S. The van der Waals surface area contributed by atoms with Crippen LogP contribution >= 0.6 is 23.4 Å². The van der Waals surface area contributed by atoms with Gasteiger partial charge >= 0.3 is 6.18 Å². The molecule has 1 N–H and O–H groups in total. The van der Waals surface area contributed by atoms with Crippen LogP contribution in [0.25, 0.3) is 11.5 Å². The van der Waals surface area contributed by atoms with E-state index in [4.69, 9.17) is 20.8 Å². The second kappa shape index (κ2) is 9.40. The molecule has 0 bridgehead atoms. The van der Waals surface area contributed by atoms with E-state index in [1.54, 1.807) is 24.3 Å². The predicted molar refractivity (Wildman–Crippen MR) is 107 cm³/mol. The minimum Gasteiger partial charge on any atom is -0.494 e. The van der Waals surface area contributed by atoms with Gasteiger partial charge in [-0.05, 0) is 49.4 Å². The Hall–Kier alpha value is -2.72. The first-order valence-electron chi connectivity index (χ1n) is 8.62. The van der Waals surface area contributed by atoms with Gasteiger partial charge in [0.15, 0.2) is 0 Å². The van der Waals surface area contributed by atoms with Crippen molar-refractivity contribution in [2.75, 3.05) is 17.7 Å². The van der Waals surface area contributed by atoms with E-state index in [-0.39, 0.29) is 22.6 Å². The van der Waals surface area contributed by atoms with Crippen molar-refractivity contribution in [3.8, 4) is 17.2 Å². The zero-order valence-electron chi connectivity index (χ0n) is 15.5. The first kappa shape index (κ1) is 22.0. The molecule has 3 aromatic rings. The maximum atomic E-state index is 12.9. The number of alkyl halides is 3. The van der Waals surface area contributed by atoms with Crippen LogP contribution in [0.4, 0.5) is 18.9 Å². The standard InChI is InChI=1S/C19H15ClF3N3O3S/c1-2-28-13-6-3-11(4-7-13)17-25-26-18(29-17)30-10-16(27)24-12-5-8-15(20)14(9-12)19(21,22)23/h3-9H,2,10H2,1H3,(H,24,27). The average molecular weight is 458 g/mol. The van der Waals surface area contributed by atoms with Gasteiger partial charge in [0.1, 0.15) is 5.75 Å². The molecule has 158 valence electrons. The van der Waals surface area contributed by atoms with Crippen molar-refractivity contribution < 1.29 is 27.1 Å². The third kappa shape index (κ3) is 5.67. The molecule has 0 aliphatic heterocycles. The lowest BCUT2D eigenvalue weighted by atomic mass is 10.2. The number of halogens is 4. The number of hydrogen-bond acceptors (Lipinski definition) is 6. The number of hydrogen-bond donors (Lipinski definition) is 1. The molecule has 1 aromatic heterocycles.